The summed E-state index contributed by atoms with van der Waals surface area (Å²) in [6, 6.07) is 5.23. The minimum atomic E-state index is -0.485. The molecule has 0 aliphatic rings. The van der Waals surface area contributed by atoms with Gasteiger partial charge in [-0.25, -0.2) is 0 Å². The monoisotopic (exact) mass is 263 g/mol. The maximum atomic E-state index is 11.6. The molecule has 0 unspecified atom stereocenters. The van der Waals surface area contributed by atoms with Gasteiger partial charge in [0.15, 0.2) is 0 Å². The van der Waals surface area contributed by atoms with Gasteiger partial charge in [0.2, 0.25) is 5.91 Å². The normalized spacial score (nSPS) is 9.42. The van der Waals surface area contributed by atoms with Gasteiger partial charge in [-0.1, -0.05) is 0 Å². The lowest BCUT2D eigenvalue weighted by atomic mass is 10.2. The van der Waals surface area contributed by atoms with E-state index in [0.717, 1.165) is 6.07 Å². The number of hydrogen-bond acceptors (Lipinski definition) is 5. The van der Waals surface area contributed by atoms with E-state index in [1.54, 1.807) is 6.07 Å². The molecule has 1 rings (SSSR count). The highest BCUT2D eigenvalue weighted by Crippen LogP contribution is 2.19. The first-order valence-electron chi connectivity index (χ1n) is 5.48. The summed E-state index contributed by atoms with van der Waals surface area (Å²) in [4.78, 5) is 22.6. The SMILES string of the molecule is N#CCC(=O)NCCNC(=O)c1cc(O)cc(O)c1. The molecule has 1 aromatic rings. The highest BCUT2D eigenvalue weighted by atomic mass is 16.3. The Labute approximate surface area is 109 Å². The molecule has 0 atom stereocenters. The summed E-state index contributed by atoms with van der Waals surface area (Å²) < 4.78 is 0. The van der Waals surface area contributed by atoms with Crippen molar-refractivity contribution in [3.8, 4) is 17.6 Å². The maximum absolute atomic E-state index is 11.6. The summed E-state index contributed by atoms with van der Waals surface area (Å²) in [5.74, 6) is -1.33. The molecular formula is C12H13N3O4. The Morgan fingerprint density at radius 1 is 1.11 bits per heavy atom. The molecule has 7 heteroatoms. The number of aromatic hydroxyl groups is 2. The van der Waals surface area contributed by atoms with Crippen LogP contribution in [0.15, 0.2) is 18.2 Å². The van der Waals surface area contributed by atoms with Crippen molar-refractivity contribution in [2.45, 2.75) is 6.42 Å². The fourth-order valence-electron chi connectivity index (χ4n) is 1.34. The lowest BCUT2D eigenvalue weighted by Gasteiger charge is -2.06. The second-order valence-electron chi connectivity index (χ2n) is 3.68. The summed E-state index contributed by atoms with van der Waals surface area (Å²) in [5.41, 5.74) is 0.112. The lowest BCUT2D eigenvalue weighted by molar-refractivity contribution is -0.120. The summed E-state index contributed by atoms with van der Waals surface area (Å²) in [6.07, 6.45) is -0.228. The number of nitrogens with zero attached hydrogens (tertiary/aromatic N) is 1. The standard InChI is InChI=1S/C12H13N3O4/c13-2-1-11(18)14-3-4-15-12(19)8-5-9(16)7-10(17)6-8/h5-7,16-17H,1,3-4H2,(H,14,18)(H,15,19). The quantitative estimate of drug-likeness (QED) is 0.550. The summed E-state index contributed by atoms with van der Waals surface area (Å²) in [7, 11) is 0. The molecule has 0 radical (unpaired) electrons. The number of nitrogens with one attached hydrogen (secondary N) is 2. The summed E-state index contributed by atoms with van der Waals surface area (Å²) >= 11 is 0. The first-order valence-corrected chi connectivity index (χ1v) is 5.48. The third-order valence-corrected chi connectivity index (χ3v) is 2.14. The van der Waals surface area contributed by atoms with E-state index in [-0.39, 0.29) is 36.6 Å². The fourth-order valence-corrected chi connectivity index (χ4v) is 1.34. The highest BCUT2D eigenvalue weighted by molar-refractivity contribution is 5.95. The van der Waals surface area contributed by atoms with Crippen LogP contribution in [0.5, 0.6) is 11.5 Å². The van der Waals surface area contributed by atoms with Crippen molar-refractivity contribution in [1.82, 2.24) is 10.6 Å². The van der Waals surface area contributed by atoms with Crippen molar-refractivity contribution >= 4 is 11.8 Å². The van der Waals surface area contributed by atoms with Crippen LogP contribution in [0.4, 0.5) is 0 Å². The Bertz CT molecular complexity index is 502. The van der Waals surface area contributed by atoms with Crippen LogP contribution in [-0.2, 0) is 4.79 Å². The fraction of sp³-hybridized carbons (Fsp3) is 0.250. The molecule has 2 amide bonds. The van der Waals surface area contributed by atoms with Crippen molar-refractivity contribution in [3.05, 3.63) is 23.8 Å². The van der Waals surface area contributed by atoms with Gasteiger partial charge in [-0.15, -0.1) is 0 Å². The van der Waals surface area contributed by atoms with Gasteiger partial charge in [0.1, 0.15) is 17.9 Å². The van der Waals surface area contributed by atoms with Crippen LogP contribution in [0, 0.1) is 11.3 Å². The average molecular weight is 263 g/mol. The molecule has 0 bridgehead atoms. The van der Waals surface area contributed by atoms with Gasteiger partial charge in [0.05, 0.1) is 6.07 Å². The molecule has 0 heterocycles. The minimum absolute atomic E-state index is 0.112. The van der Waals surface area contributed by atoms with Crippen LogP contribution in [0.1, 0.15) is 16.8 Å². The van der Waals surface area contributed by atoms with Gasteiger partial charge in [-0.2, -0.15) is 5.26 Å². The summed E-state index contributed by atoms with van der Waals surface area (Å²) in [5, 5.41) is 31.6. The Kier molecular flexibility index (Phi) is 5.17. The molecule has 0 aliphatic heterocycles. The molecule has 4 N–H and O–H groups in total. The number of phenolic OH excluding ortho intramolecular Hbond substituents is 2. The predicted octanol–water partition coefficient (Wildman–Crippen LogP) is -0.143. The van der Waals surface area contributed by atoms with Gasteiger partial charge >= 0.3 is 0 Å². The number of nitriles is 1. The lowest BCUT2D eigenvalue weighted by Crippen LogP contribution is -2.34. The molecule has 7 nitrogen and oxygen atoms in total. The van der Waals surface area contributed by atoms with E-state index in [2.05, 4.69) is 10.6 Å². The highest BCUT2D eigenvalue weighted by Gasteiger charge is 2.08. The van der Waals surface area contributed by atoms with Crippen LogP contribution < -0.4 is 10.6 Å². The molecular weight excluding hydrogens is 250 g/mol. The second-order valence-corrected chi connectivity index (χ2v) is 3.68. The average Bonchev–Trinajstić information content (AvgIpc) is 2.33. The Morgan fingerprint density at radius 2 is 1.68 bits per heavy atom. The van der Waals surface area contributed by atoms with Crippen LogP contribution in [0.3, 0.4) is 0 Å². The van der Waals surface area contributed by atoms with Gasteiger partial charge in [0.25, 0.3) is 5.91 Å². The Hall–Kier alpha value is -2.75. The van der Waals surface area contributed by atoms with E-state index in [1.807, 2.05) is 0 Å². The summed E-state index contributed by atoms with van der Waals surface area (Å²) in [6.45, 7) is 0.365. The van der Waals surface area contributed by atoms with E-state index >= 15 is 0 Å². The molecule has 0 aromatic heterocycles. The molecule has 0 fully saturated rings. The van der Waals surface area contributed by atoms with Crippen molar-refractivity contribution < 1.29 is 19.8 Å². The minimum Gasteiger partial charge on any atom is -0.508 e. The number of phenols is 2. The van der Waals surface area contributed by atoms with E-state index in [4.69, 9.17) is 5.26 Å². The second kappa shape index (κ2) is 6.86. The Balaban J connectivity index is 2.39. The molecule has 0 saturated carbocycles. The van der Waals surface area contributed by atoms with Crippen molar-refractivity contribution in [2.75, 3.05) is 13.1 Å². The predicted molar refractivity (Wildman–Crippen MR) is 65.3 cm³/mol. The Morgan fingerprint density at radius 3 is 2.26 bits per heavy atom. The van der Waals surface area contributed by atoms with E-state index in [1.165, 1.54) is 12.1 Å². The topological polar surface area (TPSA) is 122 Å². The van der Waals surface area contributed by atoms with Crippen molar-refractivity contribution in [3.63, 3.8) is 0 Å². The first-order chi connectivity index (χ1) is 9.02. The van der Waals surface area contributed by atoms with E-state index < -0.39 is 11.8 Å². The zero-order valence-corrected chi connectivity index (χ0v) is 10.0. The smallest absolute Gasteiger partial charge is 0.251 e. The molecule has 0 aliphatic carbocycles. The van der Waals surface area contributed by atoms with Gasteiger partial charge in [0, 0.05) is 24.7 Å². The number of carbonyl (C=O) groups is 2. The van der Waals surface area contributed by atoms with Crippen molar-refractivity contribution in [1.29, 1.82) is 5.26 Å². The van der Waals surface area contributed by atoms with Crippen LogP contribution in [-0.4, -0.2) is 35.1 Å². The number of rotatable bonds is 5. The van der Waals surface area contributed by atoms with Crippen LogP contribution in [0.25, 0.3) is 0 Å². The third-order valence-electron chi connectivity index (χ3n) is 2.14. The third kappa shape index (κ3) is 4.95. The van der Waals surface area contributed by atoms with Gasteiger partial charge < -0.3 is 20.8 Å². The van der Waals surface area contributed by atoms with Gasteiger partial charge in [-0.05, 0) is 12.1 Å². The van der Waals surface area contributed by atoms with E-state index in [0.29, 0.717) is 0 Å². The zero-order valence-electron chi connectivity index (χ0n) is 10.0. The molecule has 1 aromatic carbocycles. The molecule has 0 saturated heterocycles. The molecule has 0 spiro atoms. The molecule has 19 heavy (non-hydrogen) atoms. The zero-order chi connectivity index (χ0) is 14.3. The number of benzene rings is 1. The van der Waals surface area contributed by atoms with Gasteiger partial charge in [-0.3, -0.25) is 9.59 Å². The number of amides is 2. The van der Waals surface area contributed by atoms with Crippen LogP contribution >= 0.6 is 0 Å². The number of carbonyl (C=O) groups excluding carboxylic acids is 2. The van der Waals surface area contributed by atoms with Crippen LogP contribution in [0.2, 0.25) is 0 Å². The largest absolute Gasteiger partial charge is 0.508 e. The molecule has 100 valence electrons. The maximum Gasteiger partial charge on any atom is 0.251 e. The number of hydrogen-bond donors (Lipinski definition) is 4. The van der Waals surface area contributed by atoms with E-state index in [9.17, 15) is 19.8 Å². The van der Waals surface area contributed by atoms with Crippen molar-refractivity contribution in [2.24, 2.45) is 0 Å². The first kappa shape index (κ1) is 14.3.